The molecule has 23 heavy (non-hydrogen) atoms. The molecule has 1 atom stereocenters. The molecule has 124 valence electrons. The highest BCUT2D eigenvalue weighted by Crippen LogP contribution is 2.27. The summed E-state index contributed by atoms with van der Waals surface area (Å²) in [6.45, 7) is 7.22. The van der Waals surface area contributed by atoms with Crippen molar-refractivity contribution >= 4 is 22.4 Å². The molecular weight excluding hydrogens is 314 g/mol. The maximum absolute atomic E-state index is 12.3. The van der Waals surface area contributed by atoms with E-state index in [1.165, 1.54) is 11.3 Å². The summed E-state index contributed by atoms with van der Waals surface area (Å²) in [5, 5.41) is 16.8. The zero-order chi connectivity index (χ0) is 16.4. The van der Waals surface area contributed by atoms with Gasteiger partial charge in [0, 0.05) is 25.3 Å². The van der Waals surface area contributed by atoms with E-state index in [4.69, 9.17) is 4.74 Å². The Balaban J connectivity index is 1.57. The molecule has 1 amide bonds. The lowest BCUT2D eigenvalue weighted by Crippen LogP contribution is -2.39. The van der Waals surface area contributed by atoms with Crippen LogP contribution in [0.3, 0.4) is 0 Å². The van der Waals surface area contributed by atoms with Gasteiger partial charge < -0.3 is 4.74 Å². The Morgan fingerprint density at radius 2 is 2.30 bits per heavy atom. The van der Waals surface area contributed by atoms with Crippen molar-refractivity contribution in [1.82, 2.24) is 20.0 Å². The smallest absolute Gasteiger partial charge is 0.258 e. The van der Waals surface area contributed by atoms with Crippen LogP contribution >= 0.6 is 11.3 Å². The van der Waals surface area contributed by atoms with Gasteiger partial charge in [-0.1, -0.05) is 11.3 Å². The number of rotatable bonds is 5. The summed E-state index contributed by atoms with van der Waals surface area (Å²) in [4.78, 5) is 12.3. The maximum Gasteiger partial charge on any atom is 0.258 e. The number of amides is 1. The molecule has 2 aromatic heterocycles. The van der Waals surface area contributed by atoms with Crippen LogP contribution in [-0.4, -0.2) is 38.1 Å². The number of anilines is 1. The molecule has 1 aliphatic rings. The van der Waals surface area contributed by atoms with E-state index in [2.05, 4.69) is 20.6 Å². The first-order valence-corrected chi connectivity index (χ1v) is 8.57. The molecule has 0 aliphatic carbocycles. The standard InChI is InChI=1S/C15H21N5O2S/c1-10-9-11(2)20(19-10)7-5-12-17-18-14(23-12)16-13(21)15(3)6-4-8-22-15/h9H,4-8H2,1-3H3,(H,16,18,21)/t15-/m0/s1. The van der Waals surface area contributed by atoms with Gasteiger partial charge in [0.05, 0.1) is 5.69 Å². The van der Waals surface area contributed by atoms with E-state index in [9.17, 15) is 4.79 Å². The molecule has 2 aromatic rings. The quantitative estimate of drug-likeness (QED) is 0.905. The van der Waals surface area contributed by atoms with E-state index in [-0.39, 0.29) is 5.91 Å². The first-order valence-electron chi connectivity index (χ1n) is 7.75. The summed E-state index contributed by atoms with van der Waals surface area (Å²) < 4.78 is 7.50. The third-order valence-electron chi connectivity index (χ3n) is 4.03. The highest BCUT2D eigenvalue weighted by molar-refractivity contribution is 7.15. The number of nitrogens with one attached hydrogen (secondary N) is 1. The van der Waals surface area contributed by atoms with Crippen LogP contribution in [0.25, 0.3) is 0 Å². The normalized spacial score (nSPS) is 20.8. The second-order valence-electron chi connectivity index (χ2n) is 6.04. The van der Waals surface area contributed by atoms with Gasteiger partial charge in [0.15, 0.2) is 0 Å². The molecule has 0 bridgehead atoms. The lowest BCUT2D eigenvalue weighted by Gasteiger charge is -2.20. The average molecular weight is 335 g/mol. The fraction of sp³-hybridized carbons (Fsp3) is 0.600. The van der Waals surface area contributed by atoms with Crippen molar-refractivity contribution in [3.05, 3.63) is 22.5 Å². The molecule has 1 N–H and O–H groups in total. The van der Waals surface area contributed by atoms with Crippen molar-refractivity contribution in [3.8, 4) is 0 Å². The second kappa shape index (κ2) is 6.37. The molecule has 1 saturated heterocycles. The minimum Gasteiger partial charge on any atom is -0.365 e. The molecule has 0 radical (unpaired) electrons. The first kappa shape index (κ1) is 16.1. The predicted octanol–water partition coefficient (Wildman–Crippen LogP) is 2.10. The van der Waals surface area contributed by atoms with E-state index in [0.29, 0.717) is 11.7 Å². The fourth-order valence-corrected chi connectivity index (χ4v) is 3.42. The Hall–Kier alpha value is -1.80. The van der Waals surface area contributed by atoms with Crippen molar-refractivity contribution in [1.29, 1.82) is 0 Å². The van der Waals surface area contributed by atoms with Crippen LogP contribution in [-0.2, 0) is 22.5 Å². The Morgan fingerprint density at radius 3 is 2.96 bits per heavy atom. The Kier molecular flexibility index (Phi) is 4.45. The average Bonchev–Trinajstić information content (AvgIpc) is 3.19. The van der Waals surface area contributed by atoms with Crippen molar-refractivity contribution in [2.75, 3.05) is 11.9 Å². The fourth-order valence-electron chi connectivity index (χ4n) is 2.70. The van der Waals surface area contributed by atoms with Gasteiger partial charge in [0.2, 0.25) is 5.13 Å². The summed E-state index contributed by atoms with van der Waals surface area (Å²) in [5.41, 5.74) is 1.40. The topological polar surface area (TPSA) is 81.9 Å². The largest absolute Gasteiger partial charge is 0.365 e. The Morgan fingerprint density at radius 1 is 1.48 bits per heavy atom. The van der Waals surface area contributed by atoms with Crippen LogP contribution in [0.5, 0.6) is 0 Å². The van der Waals surface area contributed by atoms with Gasteiger partial charge in [0.25, 0.3) is 5.91 Å². The monoisotopic (exact) mass is 335 g/mol. The predicted molar refractivity (Wildman–Crippen MR) is 87.5 cm³/mol. The van der Waals surface area contributed by atoms with Crippen LogP contribution in [0.15, 0.2) is 6.07 Å². The highest BCUT2D eigenvalue weighted by Gasteiger charge is 2.38. The molecule has 7 nitrogen and oxygen atoms in total. The van der Waals surface area contributed by atoms with Gasteiger partial charge in [-0.15, -0.1) is 10.2 Å². The van der Waals surface area contributed by atoms with Crippen LogP contribution in [0, 0.1) is 13.8 Å². The lowest BCUT2D eigenvalue weighted by molar-refractivity contribution is -0.133. The maximum atomic E-state index is 12.3. The molecular formula is C15H21N5O2S. The number of carbonyl (C=O) groups is 1. The van der Waals surface area contributed by atoms with Crippen LogP contribution in [0.1, 0.15) is 36.2 Å². The third-order valence-corrected chi connectivity index (χ3v) is 4.93. The molecule has 0 aromatic carbocycles. The van der Waals surface area contributed by atoms with Crippen molar-refractivity contribution in [2.24, 2.45) is 0 Å². The highest BCUT2D eigenvalue weighted by atomic mass is 32.1. The minimum atomic E-state index is -0.741. The molecule has 3 heterocycles. The van der Waals surface area contributed by atoms with Gasteiger partial charge in [-0.2, -0.15) is 5.10 Å². The summed E-state index contributed by atoms with van der Waals surface area (Å²) in [5.74, 6) is -0.142. The van der Waals surface area contributed by atoms with Crippen molar-refractivity contribution < 1.29 is 9.53 Å². The van der Waals surface area contributed by atoms with Gasteiger partial charge in [-0.3, -0.25) is 14.8 Å². The summed E-state index contributed by atoms with van der Waals surface area (Å²) in [7, 11) is 0. The summed E-state index contributed by atoms with van der Waals surface area (Å²) in [6, 6.07) is 2.05. The van der Waals surface area contributed by atoms with Crippen molar-refractivity contribution in [2.45, 2.75) is 52.2 Å². The van der Waals surface area contributed by atoms with Crippen LogP contribution < -0.4 is 5.32 Å². The molecule has 0 saturated carbocycles. The van der Waals surface area contributed by atoms with E-state index in [0.717, 1.165) is 42.2 Å². The molecule has 0 spiro atoms. The van der Waals surface area contributed by atoms with Crippen LogP contribution in [0.2, 0.25) is 0 Å². The van der Waals surface area contributed by atoms with Gasteiger partial charge >= 0.3 is 0 Å². The summed E-state index contributed by atoms with van der Waals surface area (Å²) in [6.07, 6.45) is 2.39. The number of nitrogens with zero attached hydrogens (tertiary/aromatic N) is 4. The number of carbonyl (C=O) groups excluding carboxylic acids is 1. The number of ether oxygens (including phenoxy) is 1. The first-order chi connectivity index (χ1) is 11.0. The summed E-state index contributed by atoms with van der Waals surface area (Å²) >= 11 is 1.40. The Labute approximate surface area is 139 Å². The molecule has 1 fully saturated rings. The van der Waals surface area contributed by atoms with E-state index < -0.39 is 5.60 Å². The van der Waals surface area contributed by atoms with E-state index in [1.54, 1.807) is 0 Å². The molecule has 3 rings (SSSR count). The third kappa shape index (κ3) is 3.59. The number of hydrogen-bond donors (Lipinski definition) is 1. The zero-order valence-corrected chi connectivity index (χ0v) is 14.4. The van der Waals surface area contributed by atoms with Crippen LogP contribution in [0.4, 0.5) is 5.13 Å². The van der Waals surface area contributed by atoms with E-state index in [1.807, 2.05) is 31.5 Å². The number of aryl methyl sites for hydroxylation is 4. The SMILES string of the molecule is Cc1cc(C)n(CCc2nnc(NC(=O)[C@]3(C)CCCO3)s2)n1. The van der Waals surface area contributed by atoms with Gasteiger partial charge in [0.1, 0.15) is 10.6 Å². The number of aromatic nitrogens is 4. The van der Waals surface area contributed by atoms with Crippen molar-refractivity contribution in [3.63, 3.8) is 0 Å². The number of hydrogen-bond acceptors (Lipinski definition) is 6. The second-order valence-corrected chi connectivity index (χ2v) is 7.10. The lowest BCUT2D eigenvalue weighted by atomic mass is 10.0. The molecule has 0 unspecified atom stereocenters. The zero-order valence-electron chi connectivity index (χ0n) is 13.6. The van der Waals surface area contributed by atoms with E-state index >= 15 is 0 Å². The Bertz CT molecular complexity index is 703. The van der Waals surface area contributed by atoms with Gasteiger partial charge in [-0.25, -0.2) is 0 Å². The molecule has 8 heteroatoms. The minimum absolute atomic E-state index is 0.142. The van der Waals surface area contributed by atoms with Gasteiger partial charge in [-0.05, 0) is 39.7 Å². The molecule has 1 aliphatic heterocycles.